The number of halogens is 1. The van der Waals surface area contributed by atoms with Crippen LogP contribution in [0.3, 0.4) is 0 Å². The smallest absolute Gasteiger partial charge is 0.308 e. The third-order valence-corrected chi connectivity index (χ3v) is 3.54. The lowest BCUT2D eigenvalue weighted by Crippen LogP contribution is -2.20. The van der Waals surface area contributed by atoms with E-state index in [0.29, 0.717) is 16.6 Å². The summed E-state index contributed by atoms with van der Waals surface area (Å²) in [6, 6.07) is 14.8. The van der Waals surface area contributed by atoms with Gasteiger partial charge in [0.25, 0.3) is 0 Å². The van der Waals surface area contributed by atoms with Gasteiger partial charge in [-0.25, -0.2) is 4.79 Å². The first-order chi connectivity index (χ1) is 9.72. The molecule has 3 rings (SSSR count). The summed E-state index contributed by atoms with van der Waals surface area (Å²) in [5.41, 5.74) is 2.78. The van der Waals surface area contributed by atoms with Crippen molar-refractivity contribution in [1.29, 1.82) is 0 Å². The minimum absolute atomic E-state index is 0.250. The van der Waals surface area contributed by atoms with Gasteiger partial charge in [0, 0.05) is 16.4 Å². The Morgan fingerprint density at radius 2 is 1.85 bits per heavy atom. The predicted molar refractivity (Wildman–Crippen MR) is 82.5 cm³/mol. The second kappa shape index (κ2) is 5.55. The lowest BCUT2D eigenvalue weighted by Gasteiger charge is -2.11. The molecule has 0 saturated heterocycles. The van der Waals surface area contributed by atoms with Crippen molar-refractivity contribution in [3.63, 3.8) is 0 Å². The van der Waals surface area contributed by atoms with Crippen LogP contribution in [0.25, 0.3) is 0 Å². The molecule has 0 aliphatic heterocycles. The Morgan fingerprint density at radius 1 is 1.05 bits per heavy atom. The molecule has 0 bridgehead atoms. The number of anilines is 2. The summed E-state index contributed by atoms with van der Waals surface area (Å²) in [4.78, 5) is 12.0. The number of carbonyl (C=O) groups is 1. The number of benzene rings is 2. The zero-order valence-electron chi connectivity index (χ0n) is 10.9. The number of hydrogen-bond donors (Lipinski definition) is 2. The fourth-order valence-corrected chi connectivity index (χ4v) is 2.40. The monoisotopic (exact) mass is 286 g/mol. The first kappa shape index (κ1) is 13.0. The molecule has 4 heteroatoms. The van der Waals surface area contributed by atoms with Crippen molar-refractivity contribution < 1.29 is 4.79 Å². The second-order valence-corrected chi connectivity index (χ2v) is 5.39. The number of amides is 2. The molecule has 2 amide bonds. The molecule has 0 spiro atoms. The van der Waals surface area contributed by atoms with Gasteiger partial charge in [0.05, 0.1) is 0 Å². The molecule has 102 valence electrons. The van der Waals surface area contributed by atoms with Crippen molar-refractivity contribution >= 4 is 29.0 Å². The zero-order chi connectivity index (χ0) is 13.9. The zero-order valence-corrected chi connectivity index (χ0v) is 11.7. The van der Waals surface area contributed by atoms with Gasteiger partial charge in [0.1, 0.15) is 0 Å². The van der Waals surface area contributed by atoms with E-state index in [9.17, 15) is 4.79 Å². The van der Waals surface area contributed by atoms with Crippen LogP contribution in [0, 0.1) is 0 Å². The minimum atomic E-state index is -0.250. The van der Waals surface area contributed by atoms with Gasteiger partial charge in [-0.05, 0) is 48.6 Å². The Kier molecular flexibility index (Phi) is 3.61. The van der Waals surface area contributed by atoms with Crippen LogP contribution in [0.4, 0.5) is 16.2 Å². The van der Waals surface area contributed by atoms with Crippen LogP contribution in [-0.4, -0.2) is 6.03 Å². The molecule has 0 radical (unpaired) electrons. The highest BCUT2D eigenvalue weighted by atomic mass is 35.5. The molecule has 0 aromatic heterocycles. The van der Waals surface area contributed by atoms with Gasteiger partial charge in [0.15, 0.2) is 0 Å². The van der Waals surface area contributed by atoms with Crippen LogP contribution >= 0.6 is 11.6 Å². The highest BCUT2D eigenvalue weighted by molar-refractivity contribution is 6.30. The van der Waals surface area contributed by atoms with Gasteiger partial charge in [-0.1, -0.05) is 35.9 Å². The molecule has 1 aliphatic carbocycles. The number of rotatable bonds is 3. The van der Waals surface area contributed by atoms with Gasteiger partial charge in [0.2, 0.25) is 0 Å². The van der Waals surface area contributed by atoms with Crippen molar-refractivity contribution in [2.24, 2.45) is 0 Å². The van der Waals surface area contributed by atoms with Crippen LogP contribution in [0.15, 0.2) is 48.5 Å². The van der Waals surface area contributed by atoms with Gasteiger partial charge in [-0.2, -0.15) is 0 Å². The Labute approximate surface area is 123 Å². The SMILES string of the molecule is O=C(Nc1cccc(Cl)c1)Nc1ccccc1C1CC1. The van der Waals surface area contributed by atoms with Gasteiger partial charge in [-0.15, -0.1) is 0 Å². The van der Waals surface area contributed by atoms with Gasteiger partial charge < -0.3 is 10.6 Å². The topological polar surface area (TPSA) is 41.1 Å². The molecule has 0 atom stereocenters. The Balaban J connectivity index is 1.70. The van der Waals surface area contributed by atoms with Gasteiger partial charge >= 0.3 is 6.03 Å². The maximum Gasteiger partial charge on any atom is 0.323 e. The summed E-state index contributed by atoms with van der Waals surface area (Å²) in [7, 11) is 0. The quantitative estimate of drug-likeness (QED) is 0.831. The number of carbonyl (C=O) groups excluding carboxylic acids is 1. The van der Waals surface area contributed by atoms with Crippen molar-refractivity contribution in [2.75, 3.05) is 10.6 Å². The van der Waals surface area contributed by atoms with Crippen molar-refractivity contribution in [3.05, 3.63) is 59.1 Å². The average molecular weight is 287 g/mol. The normalized spacial score (nSPS) is 13.8. The number of urea groups is 1. The molecule has 1 fully saturated rings. The van der Waals surface area contributed by atoms with Crippen molar-refractivity contribution in [2.45, 2.75) is 18.8 Å². The summed E-state index contributed by atoms with van der Waals surface area (Å²) in [6.07, 6.45) is 2.41. The Morgan fingerprint density at radius 3 is 2.60 bits per heavy atom. The summed E-state index contributed by atoms with van der Waals surface area (Å²) in [6.45, 7) is 0. The van der Waals surface area contributed by atoms with E-state index in [-0.39, 0.29) is 6.03 Å². The molecule has 1 aliphatic rings. The summed E-state index contributed by atoms with van der Waals surface area (Å²) in [5, 5.41) is 6.29. The maximum atomic E-state index is 12.0. The van der Waals surface area contributed by atoms with E-state index >= 15 is 0 Å². The first-order valence-corrected chi connectivity index (χ1v) is 7.02. The first-order valence-electron chi connectivity index (χ1n) is 6.65. The van der Waals surface area contributed by atoms with Crippen LogP contribution in [0.1, 0.15) is 24.3 Å². The van der Waals surface area contributed by atoms with E-state index in [2.05, 4.69) is 16.7 Å². The number of hydrogen-bond acceptors (Lipinski definition) is 1. The summed E-state index contributed by atoms with van der Waals surface area (Å²) >= 11 is 5.89. The van der Waals surface area contributed by atoms with Crippen LogP contribution in [0.2, 0.25) is 5.02 Å². The fourth-order valence-electron chi connectivity index (χ4n) is 2.21. The van der Waals surface area contributed by atoms with E-state index in [4.69, 9.17) is 11.6 Å². The summed E-state index contributed by atoms with van der Waals surface area (Å²) < 4.78 is 0. The molecule has 2 N–H and O–H groups in total. The van der Waals surface area contributed by atoms with Crippen LogP contribution in [-0.2, 0) is 0 Å². The fraction of sp³-hybridized carbons (Fsp3) is 0.188. The van der Waals surface area contributed by atoms with Crippen LogP contribution in [0.5, 0.6) is 0 Å². The molecule has 0 heterocycles. The van der Waals surface area contributed by atoms with E-state index in [0.717, 1.165) is 5.69 Å². The van der Waals surface area contributed by atoms with Gasteiger partial charge in [-0.3, -0.25) is 0 Å². The Bertz CT molecular complexity index is 638. The molecular weight excluding hydrogens is 272 g/mol. The lowest BCUT2D eigenvalue weighted by molar-refractivity contribution is 0.262. The molecule has 1 saturated carbocycles. The molecule has 20 heavy (non-hydrogen) atoms. The van der Waals surface area contributed by atoms with E-state index < -0.39 is 0 Å². The predicted octanol–water partition coefficient (Wildman–Crippen LogP) is 4.86. The van der Waals surface area contributed by atoms with E-state index in [1.807, 2.05) is 18.2 Å². The average Bonchev–Trinajstić information content (AvgIpc) is 3.23. The van der Waals surface area contributed by atoms with Crippen molar-refractivity contribution in [1.82, 2.24) is 0 Å². The molecule has 0 unspecified atom stereocenters. The minimum Gasteiger partial charge on any atom is -0.308 e. The second-order valence-electron chi connectivity index (χ2n) is 4.95. The molecule has 2 aromatic rings. The highest BCUT2D eigenvalue weighted by Crippen LogP contribution is 2.43. The third-order valence-electron chi connectivity index (χ3n) is 3.31. The molecular formula is C16H15ClN2O. The lowest BCUT2D eigenvalue weighted by atomic mass is 10.1. The van der Waals surface area contributed by atoms with E-state index in [1.54, 1.807) is 24.3 Å². The number of nitrogens with one attached hydrogen (secondary N) is 2. The molecule has 2 aromatic carbocycles. The number of para-hydroxylation sites is 1. The van der Waals surface area contributed by atoms with E-state index in [1.165, 1.54) is 18.4 Å². The van der Waals surface area contributed by atoms with Crippen molar-refractivity contribution in [3.8, 4) is 0 Å². The largest absolute Gasteiger partial charge is 0.323 e. The standard InChI is InChI=1S/C16H15ClN2O/c17-12-4-3-5-13(10-12)18-16(20)19-15-7-2-1-6-14(15)11-8-9-11/h1-7,10-11H,8-9H2,(H2,18,19,20). The summed E-state index contributed by atoms with van der Waals surface area (Å²) in [5.74, 6) is 0.595. The molecule has 3 nitrogen and oxygen atoms in total. The maximum absolute atomic E-state index is 12.0. The van der Waals surface area contributed by atoms with Crippen LogP contribution < -0.4 is 10.6 Å². The Hall–Kier alpha value is -2.00. The third kappa shape index (κ3) is 3.11. The highest BCUT2D eigenvalue weighted by Gasteiger charge is 2.26.